The second-order valence-electron chi connectivity index (χ2n) is 4.55. The molecule has 0 radical (unpaired) electrons. The zero-order valence-corrected chi connectivity index (χ0v) is 13.3. The number of carbonyl (C=O) groups is 1. The highest BCUT2D eigenvalue weighted by atomic mass is 32.2. The molecule has 2 atom stereocenters. The lowest BCUT2D eigenvalue weighted by Gasteiger charge is -2.40. The van der Waals surface area contributed by atoms with Gasteiger partial charge in [-0.1, -0.05) is 12.7 Å². The lowest BCUT2D eigenvalue weighted by molar-refractivity contribution is -0.138. The Balaban J connectivity index is 2.04. The van der Waals surface area contributed by atoms with Crippen molar-refractivity contribution in [3.05, 3.63) is 55.0 Å². The maximum Gasteiger partial charge on any atom is 0.231 e. The molecule has 0 N–H and O–H groups in total. The van der Waals surface area contributed by atoms with Gasteiger partial charge in [-0.3, -0.25) is 13.9 Å². The van der Waals surface area contributed by atoms with Gasteiger partial charge in [-0.25, -0.2) is 4.39 Å². The fourth-order valence-electron chi connectivity index (χ4n) is 1.92. The van der Waals surface area contributed by atoms with E-state index >= 15 is 0 Å². The first kappa shape index (κ1) is 16.5. The summed E-state index contributed by atoms with van der Waals surface area (Å²) in [5.41, 5.74) is 0.179. The molecule has 4 nitrogen and oxygen atoms in total. The first-order valence-electron chi connectivity index (χ1n) is 6.41. The molecule has 1 fully saturated rings. The number of likely N-dealkylation sites (tertiary alicyclic amines) is 1. The minimum absolute atomic E-state index is 0.0136. The molecule has 0 saturated carbocycles. The molecule has 0 aliphatic carbocycles. The fraction of sp³-hybridized carbons (Fsp3) is 0.200. The Kier molecular flexibility index (Phi) is 5.20. The number of amides is 1. The van der Waals surface area contributed by atoms with Crippen LogP contribution in [0, 0.1) is 5.82 Å². The Labute approximate surface area is 135 Å². The van der Waals surface area contributed by atoms with Gasteiger partial charge >= 0.3 is 0 Å². The average molecular weight is 339 g/mol. The summed E-state index contributed by atoms with van der Waals surface area (Å²) in [6.07, 6.45) is 1.71. The lowest BCUT2D eigenvalue weighted by atomic mass is 10.2. The third-order valence-electron chi connectivity index (χ3n) is 3.04. The van der Waals surface area contributed by atoms with Crippen molar-refractivity contribution in [1.82, 2.24) is 4.90 Å². The Morgan fingerprint density at radius 1 is 1.50 bits per heavy atom. The topological polar surface area (TPSA) is 46.6 Å². The van der Waals surface area contributed by atoms with E-state index in [1.807, 2.05) is 0 Å². The van der Waals surface area contributed by atoms with Crippen LogP contribution in [0.2, 0.25) is 0 Å². The highest BCUT2D eigenvalue weighted by Gasteiger charge is 2.42. The first-order valence-corrected chi connectivity index (χ1v) is 8.20. The predicted octanol–water partition coefficient (Wildman–Crippen LogP) is 2.54. The van der Waals surface area contributed by atoms with Crippen LogP contribution in [0.4, 0.5) is 4.39 Å². The summed E-state index contributed by atoms with van der Waals surface area (Å²) in [5, 5.41) is -0.479. The van der Waals surface area contributed by atoms with Crippen LogP contribution in [-0.4, -0.2) is 31.2 Å². The summed E-state index contributed by atoms with van der Waals surface area (Å²) in [4.78, 5) is 13.0. The Hall–Kier alpha value is -1.86. The van der Waals surface area contributed by atoms with Crippen LogP contribution in [0.25, 0.3) is 0 Å². The van der Waals surface area contributed by atoms with E-state index in [-0.39, 0.29) is 28.8 Å². The van der Waals surface area contributed by atoms with Gasteiger partial charge in [0.05, 0.1) is 12.1 Å². The van der Waals surface area contributed by atoms with E-state index in [0.717, 1.165) is 0 Å². The number of rotatable bonds is 6. The van der Waals surface area contributed by atoms with Crippen LogP contribution < -0.4 is 4.74 Å². The van der Waals surface area contributed by atoms with Gasteiger partial charge in [-0.2, -0.15) is 0 Å². The van der Waals surface area contributed by atoms with Gasteiger partial charge in [-0.05, 0) is 36.5 Å². The SMILES string of the molecule is C=CCS(=O)C1CC(=O)N1C(=C)C(=S)Oc1ccc(F)cc1. The molecule has 1 amide bonds. The third-order valence-corrected chi connectivity index (χ3v) is 4.91. The van der Waals surface area contributed by atoms with Crippen molar-refractivity contribution in [2.75, 3.05) is 5.75 Å². The number of nitrogens with zero attached hydrogens (tertiary/aromatic N) is 1. The molecule has 0 aromatic heterocycles. The van der Waals surface area contributed by atoms with Crippen LogP contribution >= 0.6 is 12.2 Å². The minimum Gasteiger partial charge on any atom is -0.444 e. The van der Waals surface area contributed by atoms with Gasteiger partial charge in [0, 0.05) is 16.6 Å². The molecular formula is C15H14FNO3S2. The molecule has 1 aliphatic rings. The lowest BCUT2D eigenvalue weighted by Crippen LogP contribution is -2.55. The van der Waals surface area contributed by atoms with E-state index in [4.69, 9.17) is 17.0 Å². The largest absolute Gasteiger partial charge is 0.444 e. The molecule has 7 heteroatoms. The van der Waals surface area contributed by atoms with Gasteiger partial charge in [0.1, 0.15) is 16.9 Å². The van der Waals surface area contributed by atoms with Crippen LogP contribution in [0.5, 0.6) is 5.75 Å². The number of thiocarbonyl (C=S) groups is 1. The molecular weight excluding hydrogens is 325 g/mol. The molecule has 2 rings (SSSR count). The quantitative estimate of drug-likeness (QED) is 0.346. The van der Waals surface area contributed by atoms with Gasteiger partial charge in [0.25, 0.3) is 0 Å². The minimum atomic E-state index is -1.25. The van der Waals surface area contributed by atoms with Crippen molar-refractivity contribution < 1.29 is 18.1 Å². The van der Waals surface area contributed by atoms with E-state index in [2.05, 4.69) is 13.2 Å². The molecule has 0 bridgehead atoms. The van der Waals surface area contributed by atoms with Crippen LogP contribution in [0.15, 0.2) is 49.2 Å². The van der Waals surface area contributed by atoms with Gasteiger partial charge in [-0.15, -0.1) is 6.58 Å². The van der Waals surface area contributed by atoms with Crippen molar-refractivity contribution in [2.45, 2.75) is 11.8 Å². The summed E-state index contributed by atoms with van der Waals surface area (Å²) in [7, 11) is -1.25. The molecule has 22 heavy (non-hydrogen) atoms. The van der Waals surface area contributed by atoms with E-state index < -0.39 is 22.0 Å². The van der Waals surface area contributed by atoms with E-state index in [9.17, 15) is 13.4 Å². The van der Waals surface area contributed by atoms with E-state index in [1.165, 1.54) is 35.2 Å². The summed E-state index contributed by atoms with van der Waals surface area (Å²) >= 11 is 5.10. The standard InChI is InChI=1S/C15H14FNO3S2/c1-3-8-22(19)14-9-13(18)17(14)10(2)15(21)20-12-6-4-11(16)5-7-12/h3-7,14H,1-2,8-9H2. The highest BCUT2D eigenvalue weighted by Crippen LogP contribution is 2.28. The molecule has 1 aromatic carbocycles. The number of halogens is 1. The fourth-order valence-corrected chi connectivity index (χ4v) is 3.37. The maximum absolute atomic E-state index is 12.8. The van der Waals surface area contributed by atoms with Crippen LogP contribution in [0.1, 0.15) is 6.42 Å². The molecule has 116 valence electrons. The number of benzene rings is 1. The average Bonchev–Trinajstić information content (AvgIpc) is 2.47. The third kappa shape index (κ3) is 3.48. The Morgan fingerprint density at radius 2 is 2.14 bits per heavy atom. The highest BCUT2D eigenvalue weighted by molar-refractivity contribution is 7.85. The smallest absolute Gasteiger partial charge is 0.231 e. The van der Waals surface area contributed by atoms with Crippen molar-refractivity contribution in [1.29, 1.82) is 0 Å². The Bertz CT molecular complexity index is 657. The number of hydrogen-bond acceptors (Lipinski definition) is 4. The summed E-state index contributed by atoms with van der Waals surface area (Å²) < 4.78 is 30.2. The molecule has 1 aromatic rings. The number of carbonyl (C=O) groups excluding carboxylic acids is 1. The zero-order valence-electron chi connectivity index (χ0n) is 11.7. The van der Waals surface area contributed by atoms with Gasteiger partial charge < -0.3 is 4.74 Å². The van der Waals surface area contributed by atoms with Crippen LogP contribution in [0.3, 0.4) is 0 Å². The monoisotopic (exact) mass is 339 g/mol. The molecule has 1 heterocycles. The van der Waals surface area contributed by atoms with Gasteiger partial charge in [0.2, 0.25) is 11.0 Å². The van der Waals surface area contributed by atoms with Gasteiger partial charge in [0.15, 0.2) is 0 Å². The molecule has 1 saturated heterocycles. The first-order chi connectivity index (χ1) is 10.4. The predicted molar refractivity (Wildman–Crippen MR) is 87.2 cm³/mol. The normalized spacial score (nSPS) is 18.3. The summed E-state index contributed by atoms with van der Waals surface area (Å²) in [6, 6.07) is 5.30. The summed E-state index contributed by atoms with van der Waals surface area (Å²) in [6.45, 7) is 7.27. The number of hydrogen-bond donors (Lipinski definition) is 0. The van der Waals surface area contributed by atoms with Crippen molar-refractivity contribution in [2.24, 2.45) is 0 Å². The number of β-lactam (4-membered cyclic amide) rings is 1. The second kappa shape index (κ2) is 6.93. The van der Waals surface area contributed by atoms with E-state index in [0.29, 0.717) is 5.75 Å². The Morgan fingerprint density at radius 3 is 2.68 bits per heavy atom. The van der Waals surface area contributed by atoms with Crippen molar-refractivity contribution >= 4 is 34.0 Å². The number of ether oxygens (including phenoxy) is 1. The van der Waals surface area contributed by atoms with Crippen molar-refractivity contribution in [3.8, 4) is 5.75 Å². The molecule has 1 aliphatic heterocycles. The molecule has 0 spiro atoms. The van der Waals surface area contributed by atoms with E-state index in [1.54, 1.807) is 0 Å². The maximum atomic E-state index is 12.8. The molecule has 2 unspecified atom stereocenters. The summed E-state index contributed by atoms with van der Waals surface area (Å²) in [5.74, 6) is 0.0180. The zero-order chi connectivity index (χ0) is 16.3. The van der Waals surface area contributed by atoms with Crippen molar-refractivity contribution in [3.63, 3.8) is 0 Å². The van der Waals surface area contributed by atoms with Crippen LogP contribution in [-0.2, 0) is 15.6 Å². The second-order valence-corrected chi connectivity index (χ2v) is 6.56.